The smallest absolute Gasteiger partial charge is 0.257 e. The Hall–Kier alpha value is -2.22. The molecular weight excluding hydrogens is 389 g/mol. The van der Waals surface area contributed by atoms with Gasteiger partial charge in [-0.1, -0.05) is 23.2 Å². The molecule has 3 heterocycles. The number of halogens is 2. The van der Waals surface area contributed by atoms with Crippen LogP contribution in [0.5, 0.6) is 0 Å². The van der Waals surface area contributed by atoms with Crippen molar-refractivity contribution in [1.29, 1.82) is 0 Å². The summed E-state index contributed by atoms with van der Waals surface area (Å²) in [6.45, 7) is 3.85. The third kappa shape index (κ3) is 4.94. The quantitative estimate of drug-likeness (QED) is 0.766. The molecule has 1 N–H and O–H groups in total. The zero-order valence-corrected chi connectivity index (χ0v) is 16.1. The van der Waals surface area contributed by atoms with Gasteiger partial charge in [0.2, 0.25) is 0 Å². The summed E-state index contributed by atoms with van der Waals surface area (Å²) < 4.78 is 0. The topological polar surface area (TPSA) is 78.4 Å². The lowest BCUT2D eigenvalue weighted by atomic mass is 10.2. The minimum absolute atomic E-state index is 0.104. The first-order chi connectivity index (χ1) is 13.1. The number of nitrogens with one attached hydrogen (secondary N) is 1. The van der Waals surface area contributed by atoms with Gasteiger partial charge in [-0.05, 0) is 24.3 Å². The van der Waals surface area contributed by atoms with Crippen molar-refractivity contribution in [2.24, 2.45) is 0 Å². The summed E-state index contributed by atoms with van der Waals surface area (Å²) in [6.07, 6.45) is 3.10. The maximum atomic E-state index is 12.5. The molecule has 0 radical (unpaired) electrons. The molecule has 0 aliphatic carbocycles. The van der Waals surface area contributed by atoms with E-state index in [-0.39, 0.29) is 22.1 Å². The van der Waals surface area contributed by atoms with Gasteiger partial charge < -0.3 is 10.2 Å². The number of carbonyl (C=O) groups excluding carboxylic acids is 2. The molecule has 9 heteroatoms. The van der Waals surface area contributed by atoms with E-state index in [0.29, 0.717) is 37.3 Å². The Balaban J connectivity index is 1.43. The summed E-state index contributed by atoms with van der Waals surface area (Å²) in [5, 5.41) is 3.26. The van der Waals surface area contributed by atoms with E-state index in [1.54, 1.807) is 41.6 Å². The Morgan fingerprint density at radius 3 is 2.15 bits per heavy atom. The molecule has 0 aromatic carbocycles. The highest BCUT2D eigenvalue weighted by Gasteiger charge is 2.23. The minimum Gasteiger partial charge on any atom is -0.351 e. The van der Waals surface area contributed by atoms with Crippen LogP contribution in [-0.4, -0.2) is 70.9 Å². The lowest BCUT2D eigenvalue weighted by Gasteiger charge is -2.34. The van der Waals surface area contributed by atoms with E-state index in [2.05, 4.69) is 20.2 Å². The maximum absolute atomic E-state index is 12.5. The number of piperazine rings is 1. The molecule has 3 rings (SSSR count). The van der Waals surface area contributed by atoms with Gasteiger partial charge in [-0.3, -0.25) is 14.5 Å². The normalized spacial score (nSPS) is 14.8. The van der Waals surface area contributed by atoms with Crippen LogP contribution in [0.15, 0.2) is 36.7 Å². The molecule has 0 spiro atoms. The number of hydrogen-bond donors (Lipinski definition) is 1. The first kappa shape index (κ1) is 19.5. The fourth-order valence-corrected chi connectivity index (χ4v) is 3.27. The minimum atomic E-state index is -0.242. The van der Waals surface area contributed by atoms with Crippen molar-refractivity contribution in [3.63, 3.8) is 0 Å². The summed E-state index contributed by atoms with van der Waals surface area (Å²) in [7, 11) is 0. The average molecular weight is 408 g/mol. The van der Waals surface area contributed by atoms with Crippen LogP contribution >= 0.6 is 23.2 Å². The largest absolute Gasteiger partial charge is 0.351 e. The van der Waals surface area contributed by atoms with E-state index < -0.39 is 0 Å². The van der Waals surface area contributed by atoms with Crippen molar-refractivity contribution in [2.45, 2.75) is 0 Å². The van der Waals surface area contributed by atoms with Crippen molar-refractivity contribution in [3.05, 3.63) is 58.1 Å². The monoisotopic (exact) mass is 407 g/mol. The summed E-state index contributed by atoms with van der Waals surface area (Å²) in [6, 6.07) is 6.69. The Bertz CT molecular complexity index is 822. The first-order valence-corrected chi connectivity index (χ1v) is 9.32. The Labute approximate surface area is 167 Å². The summed E-state index contributed by atoms with van der Waals surface area (Å²) in [5.41, 5.74) is 0.788. The molecule has 1 saturated heterocycles. The molecule has 0 saturated carbocycles. The Morgan fingerprint density at radius 2 is 1.56 bits per heavy atom. The molecule has 7 nitrogen and oxygen atoms in total. The second-order valence-corrected chi connectivity index (χ2v) is 6.79. The fourth-order valence-electron chi connectivity index (χ4n) is 2.87. The number of nitrogens with zero attached hydrogens (tertiary/aromatic N) is 4. The van der Waals surface area contributed by atoms with Crippen molar-refractivity contribution in [3.8, 4) is 0 Å². The van der Waals surface area contributed by atoms with Crippen LogP contribution in [0.1, 0.15) is 20.7 Å². The predicted molar refractivity (Wildman–Crippen MR) is 103 cm³/mol. The number of pyridine rings is 2. The third-order valence-electron chi connectivity index (χ3n) is 4.37. The van der Waals surface area contributed by atoms with Crippen molar-refractivity contribution in [2.75, 3.05) is 39.3 Å². The van der Waals surface area contributed by atoms with Crippen LogP contribution in [-0.2, 0) is 0 Å². The zero-order chi connectivity index (χ0) is 19.2. The van der Waals surface area contributed by atoms with Crippen LogP contribution in [0.4, 0.5) is 0 Å². The number of carbonyl (C=O) groups is 2. The van der Waals surface area contributed by atoms with Gasteiger partial charge in [0.1, 0.15) is 10.3 Å². The molecule has 2 aromatic rings. The van der Waals surface area contributed by atoms with E-state index in [0.717, 1.165) is 13.1 Å². The molecule has 2 amide bonds. The Kier molecular flexibility index (Phi) is 6.60. The lowest BCUT2D eigenvalue weighted by molar-refractivity contribution is 0.0638. The van der Waals surface area contributed by atoms with Crippen LogP contribution in [0.3, 0.4) is 0 Å². The predicted octanol–water partition coefficient (Wildman–Crippen LogP) is 1.97. The first-order valence-electron chi connectivity index (χ1n) is 8.57. The van der Waals surface area contributed by atoms with Gasteiger partial charge in [-0.25, -0.2) is 9.97 Å². The van der Waals surface area contributed by atoms with Gasteiger partial charge in [0.25, 0.3) is 11.8 Å². The van der Waals surface area contributed by atoms with E-state index in [1.165, 1.54) is 0 Å². The van der Waals surface area contributed by atoms with E-state index in [4.69, 9.17) is 23.2 Å². The highest BCUT2D eigenvalue weighted by Crippen LogP contribution is 2.15. The SMILES string of the molecule is O=C(NCCN1CCN(C(=O)c2cccnc2Cl)CC1)c1cccnc1Cl. The lowest BCUT2D eigenvalue weighted by Crippen LogP contribution is -2.50. The molecule has 0 bridgehead atoms. The summed E-state index contributed by atoms with van der Waals surface area (Å²) in [5.74, 6) is -0.347. The molecule has 27 heavy (non-hydrogen) atoms. The Morgan fingerprint density at radius 1 is 0.963 bits per heavy atom. The van der Waals surface area contributed by atoms with Gasteiger partial charge in [0.05, 0.1) is 11.1 Å². The summed E-state index contributed by atoms with van der Waals surface area (Å²) >= 11 is 11.9. The van der Waals surface area contributed by atoms with Crippen molar-refractivity contribution in [1.82, 2.24) is 25.1 Å². The van der Waals surface area contributed by atoms with Crippen molar-refractivity contribution < 1.29 is 9.59 Å². The maximum Gasteiger partial charge on any atom is 0.257 e. The van der Waals surface area contributed by atoms with Gasteiger partial charge in [0, 0.05) is 51.7 Å². The molecule has 1 aliphatic rings. The number of aromatic nitrogens is 2. The summed E-state index contributed by atoms with van der Waals surface area (Å²) in [4.78, 5) is 36.5. The third-order valence-corrected chi connectivity index (χ3v) is 4.97. The standard InChI is InChI=1S/C18H19Cl2N5O2/c19-15-13(3-1-5-21-15)17(26)23-7-8-24-9-11-25(12-10-24)18(27)14-4-2-6-22-16(14)20/h1-6H,7-12H2,(H,23,26). The number of rotatable bonds is 5. The molecule has 2 aromatic heterocycles. The average Bonchev–Trinajstić information content (AvgIpc) is 2.68. The molecule has 1 fully saturated rings. The molecule has 0 unspecified atom stereocenters. The highest BCUT2D eigenvalue weighted by molar-refractivity contribution is 6.33. The molecule has 142 valence electrons. The van der Waals surface area contributed by atoms with Gasteiger partial charge in [0.15, 0.2) is 0 Å². The van der Waals surface area contributed by atoms with Crippen LogP contribution in [0.2, 0.25) is 10.3 Å². The van der Waals surface area contributed by atoms with Crippen LogP contribution in [0.25, 0.3) is 0 Å². The van der Waals surface area contributed by atoms with E-state index >= 15 is 0 Å². The molecular formula is C18H19Cl2N5O2. The van der Waals surface area contributed by atoms with Crippen LogP contribution in [0, 0.1) is 0 Å². The fraction of sp³-hybridized carbons (Fsp3) is 0.333. The van der Waals surface area contributed by atoms with Crippen molar-refractivity contribution >= 4 is 35.0 Å². The van der Waals surface area contributed by atoms with E-state index in [9.17, 15) is 9.59 Å². The van der Waals surface area contributed by atoms with Gasteiger partial charge in [-0.15, -0.1) is 0 Å². The molecule has 0 atom stereocenters. The highest BCUT2D eigenvalue weighted by atomic mass is 35.5. The number of amides is 2. The van der Waals surface area contributed by atoms with Crippen LogP contribution < -0.4 is 5.32 Å². The van der Waals surface area contributed by atoms with Gasteiger partial charge in [-0.2, -0.15) is 0 Å². The van der Waals surface area contributed by atoms with Gasteiger partial charge >= 0.3 is 0 Å². The second kappa shape index (κ2) is 9.12. The number of hydrogen-bond acceptors (Lipinski definition) is 5. The van der Waals surface area contributed by atoms with E-state index in [1.807, 2.05) is 0 Å². The second-order valence-electron chi connectivity index (χ2n) is 6.07. The zero-order valence-electron chi connectivity index (χ0n) is 14.6. The molecule has 1 aliphatic heterocycles.